The second kappa shape index (κ2) is 7.48. The number of carbonyl (C=O) groups is 2. The van der Waals surface area contributed by atoms with Gasteiger partial charge in [0.1, 0.15) is 0 Å². The highest BCUT2D eigenvalue weighted by Gasteiger charge is 2.30. The minimum absolute atomic E-state index is 0.0329. The van der Waals surface area contributed by atoms with Crippen LogP contribution in [0.25, 0.3) is 0 Å². The van der Waals surface area contributed by atoms with Crippen LogP contribution in [-0.2, 0) is 11.3 Å². The number of aromatic amines is 1. The van der Waals surface area contributed by atoms with Gasteiger partial charge in [-0.25, -0.2) is 4.98 Å². The summed E-state index contributed by atoms with van der Waals surface area (Å²) >= 11 is 0. The number of hydrogen-bond acceptors (Lipinski definition) is 4. The van der Waals surface area contributed by atoms with Crippen molar-refractivity contribution in [1.29, 1.82) is 0 Å². The molecule has 25 heavy (non-hydrogen) atoms. The van der Waals surface area contributed by atoms with Crippen LogP contribution in [0.1, 0.15) is 34.6 Å². The van der Waals surface area contributed by atoms with Crippen LogP contribution in [0.15, 0.2) is 36.8 Å². The molecular formula is C18H23N5O2. The topological polar surface area (TPSA) is 81.3 Å². The molecule has 2 amide bonds. The summed E-state index contributed by atoms with van der Waals surface area (Å²) in [5.74, 6) is -0.0325. The molecule has 1 aromatic carbocycles. The molecule has 0 saturated carbocycles. The summed E-state index contributed by atoms with van der Waals surface area (Å²) in [6.45, 7) is 4.41. The lowest BCUT2D eigenvalue weighted by molar-refractivity contribution is -0.132. The molecular weight excluding hydrogens is 318 g/mol. The summed E-state index contributed by atoms with van der Waals surface area (Å²) in [4.78, 5) is 35.2. The van der Waals surface area contributed by atoms with Gasteiger partial charge < -0.3 is 15.2 Å². The fourth-order valence-electron chi connectivity index (χ4n) is 3.23. The van der Waals surface area contributed by atoms with E-state index in [0.717, 1.165) is 24.3 Å². The molecule has 132 valence electrons. The van der Waals surface area contributed by atoms with E-state index in [0.29, 0.717) is 18.7 Å². The molecule has 1 saturated heterocycles. The zero-order valence-corrected chi connectivity index (χ0v) is 14.5. The van der Waals surface area contributed by atoms with Crippen molar-refractivity contribution in [2.45, 2.75) is 19.5 Å². The second-order valence-corrected chi connectivity index (χ2v) is 6.23. The molecule has 0 radical (unpaired) electrons. The molecule has 1 aliphatic heterocycles. The first-order valence-electron chi connectivity index (χ1n) is 8.37. The van der Waals surface area contributed by atoms with Crippen LogP contribution in [0.4, 0.5) is 0 Å². The van der Waals surface area contributed by atoms with E-state index in [9.17, 15) is 9.59 Å². The lowest BCUT2D eigenvalue weighted by atomic mass is 9.99. The van der Waals surface area contributed by atoms with Crippen LogP contribution in [0.5, 0.6) is 0 Å². The van der Waals surface area contributed by atoms with Crippen molar-refractivity contribution >= 4 is 11.8 Å². The number of carbonyl (C=O) groups excluding carboxylic acids is 2. The molecule has 2 N–H and O–H groups in total. The molecule has 1 atom stereocenters. The van der Waals surface area contributed by atoms with Crippen molar-refractivity contribution in [3.8, 4) is 0 Å². The Morgan fingerprint density at radius 1 is 1.36 bits per heavy atom. The third-order valence-electron chi connectivity index (χ3n) is 4.63. The number of piperazine rings is 1. The Balaban J connectivity index is 1.88. The number of hydrogen-bond donors (Lipinski definition) is 2. The average Bonchev–Trinajstić information content (AvgIpc) is 3.14. The minimum Gasteiger partial charge on any atom is -0.355 e. The fourth-order valence-corrected chi connectivity index (χ4v) is 3.23. The average molecular weight is 341 g/mol. The second-order valence-electron chi connectivity index (χ2n) is 6.23. The number of nitrogens with one attached hydrogen (secondary N) is 2. The van der Waals surface area contributed by atoms with Crippen LogP contribution in [0, 0.1) is 0 Å². The smallest absolute Gasteiger partial charge is 0.251 e. The van der Waals surface area contributed by atoms with Gasteiger partial charge in [0.15, 0.2) is 0 Å². The van der Waals surface area contributed by atoms with Gasteiger partial charge >= 0.3 is 0 Å². The van der Waals surface area contributed by atoms with E-state index in [1.165, 1.54) is 0 Å². The van der Waals surface area contributed by atoms with Gasteiger partial charge in [-0.1, -0.05) is 12.1 Å². The highest BCUT2D eigenvalue weighted by molar-refractivity contribution is 5.94. The highest BCUT2D eigenvalue weighted by atomic mass is 16.2. The molecule has 0 bridgehead atoms. The number of aromatic nitrogens is 2. The summed E-state index contributed by atoms with van der Waals surface area (Å²) in [5.41, 5.74) is 2.69. The Morgan fingerprint density at radius 3 is 2.88 bits per heavy atom. The van der Waals surface area contributed by atoms with Crippen molar-refractivity contribution < 1.29 is 9.59 Å². The molecule has 2 heterocycles. The predicted molar refractivity (Wildman–Crippen MR) is 93.8 cm³/mol. The molecule has 1 fully saturated rings. The van der Waals surface area contributed by atoms with Gasteiger partial charge in [-0.3, -0.25) is 14.5 Å². The normalized spacial score (nSPS) is 18.2. The largest absolute Gasteiger partial charge is 0.355 e. The maximum atomic E-state index is 12.0. The van der Waals surface area contributed by atoms with Crippen molar-refractivity contribution in [2.24, 2.45) is 0 Å². The van der Waals surface area contributed by atoms with Crippen molar-refractivity contribution in [3.05, 3.63) is 53.6 Å². The fraction of sp³-hybridized carbons (Fsp3) is 0.389. The zero-order chi connectivity index (χ0) is 17.8. The van der Waals surface area contributed by atoms with Gasteiger partial charge in [-0.05, 0) is 17.7 Å². The SMILES string of the molecule is CNC(=O)c1cccc([C@H]2CN(C(C)=O)CCN2Cc2cnc[nH]2)c1. The molecule has 2 aromatic rings. The van der Waals surface area contributed by atoms with E-state index in [4.69, 9.17) is 0 Å². The predicted octanol–water partition coefficient (Wildman–Crippen LogP) is 1.17. The summed E-state index contributed by atoms with van der Waals surface area (Å²) in [7, 11) is 1.62. The molecule has 1 aromatic heterocycles. The summed E-state index contributed by atoms with van der Waals surface area (Å²) in [6, 6.07) is 7.65. The summed E-state index contributed by atoms with van der Waals surface area (Å²) < 4.78 is 0. The van der Waals surface area contributed by atoms with Gasteiger partial charge in [0, 0.05) is 57.6 Å². The van der Waals surface area contributed by atoms with E-state index in [2.05, 4.69) is 20.2 Å². The first-order valence-corrected chi connectivity index (χ1v) is 8.37. The number of benzene rings is 1. The van der Waals surface area contributed by atoms with Crippen LogP contribution in [0.3, 0.4) is 0 Å². The molecule has 1 aliphatic rings. The molecule has 0 unspecified atom stereocenters. The van der Waals surface area contributed by atoms with Crippen molar-refractivity contribution in [2.75, 3.05) is 26.7 Å². The first kappa shape index (κ1) is 17.2. The van der Waals surface area contributed by atoms with E-state index in [1.807, 2.05) is 29.3 Å². The molecule has 0 aliphatic carbocycles. The van der Waals surface area contributed by atoms with Crippen LogP contribution < -0.4 is 5.32 Å². The maximum absolute atomic E-state index is 12.0. The summed E-state index contributed by atoms with van der Waals surface area (Å²) in [5, 5.41) is 2.66. The summed E-state index contributed by atoms with van der Waals surface area (Å²) in [6.07, 6.45) is 3.48. The number of H-pyrrole nitrogens is 1. The van der Waals surface area contributed by atoms with Gasteiger partial charge in [0.2, 0.25) is 5.91 Å². The third-order valence-corrected chi connectivity index (χ3v) is 4.63. The first-order chi connectivity index (χ1) is 12.1. The molecule has 3 rings (SSSR count). The quantitative estimate of drug-likeness (QED) is 0.875. The Bertz CT molecular complexity index is 744. The van der Waals surface area contributed by atoms with E-state index < -0.39 is 0 Å². The van der Waals surface area contributed by atoms with Crippen molar-refractivity contribution in [1.82, 2.24) is 25.1 Å². The number of nitrogens with zero attached hydrogens (tertiary/aromatic N) is 3. The zero-order valence-electron chi connectivity index (χ0n) is 14.5. The molecule has 0 spiro atoms. The third kappa shape index (κ3) is 3.88. The Kier molecular flexibility index (Phi) is 5.14. The lowest BCUT2D eigenvalue weighted by Gasteiger charge is -2.41. The Labute approximate surface area is 147 Å². The lowest BCUT2D eigenvalue weighted by Crippen LogP contribution is -2.49. The van der Waals surface area contributed by atoms with E-state index >= 15 is 0 Å². The van der Waals surface area contributed by atoms with Gasteiger partial charge in [-0.15, -0.1) is 0 Å². The van der Waals surface area contributed by atoms with Gasteiger partial charge in [0.05, 0.1) is 12.4 Å². The monoisotopic (exact) mass is 341 g/mol. The maximum Gasteiger partial charge on any atom is 0.251 e. The molecule has 7 nitrogen and oxygen atoms in total. The van der Waals surface area contributed by atoms with Crippen LogP contribution in [-0.4, -0.2) is 58.3 Å². The van der Waals surface area contributed by atoms with Crippen LogP contribution >= 0.6 is 0 Å². The van der Waals surface area contributed by atoms with E-state index in [1.54, 1.807) is 26.4 Å². The van der Waals surface area contributed by atoms with Crippen molar-refractivity contribution in [3.63, 3.8) is 0 Å². The van der Waals surface area contributed by atoms with E-state index in [-0.39, 0.29) is 17.9 Å². The standard InChI is InChI=1S/C18H23N5O2/c1-13(24)22-6-7-23(10-16-9-20-12-21-16)17(11-22)14-4-3-5-15(8-14)18(25)19-2/h3-5,8-9,12,17H,6-7,10-11H2,1-2H3,(H,19,25)(H,20,21)/t17-/m1/s1. The Hall–Kier alpha value is -2.67. The van der Waals surface area contributed by atoms with Crippen LogP contribution in [0.2, 0.25) is 0 Å². The minimum atomic E-state index is -0.110. The Morgan fingerprint density at radius 2 is 2.20 bits per heavy atom. The molecule has 7 heteroatoms. The van der Waals surface area contributed by atoms with Gasteiger partial charge in [-0.2, -0.15) is 0 Å². The van der Waals surface area contributed by atoms with Gasteiger partial charge in [0.25, 0.3) is 5.91 Å². The highest BCUT2D eigenvalue weighted by Crippen LogP contribution is 2.27. The number of rotatable bonds is 4. The number of imidazole rings is 1. The number of amides is 2.